The van der Waals surface area contributed by atoms with Crippen LogP contribution in [-0.2, 0) is 0 Å². The highest BCUT2D eigenvalue weighted by Gasteiger charge is 2.33. The molecule has 0 bridgehead atoms. The predicted molar refractivity (Wildman–Crippen MR) is 55.1 cm³/mol. The lowest BCUT2D eigenvalue weighted by Crippen LogP contribution is -2.29. The summed E-state index contributed by atoms with van der Waals surface area (Å²) in [6.07, 6.45) is 3.54. The molecule has 0 heterocycles. The number of hydrogen-bond donors (Lipinski definition) is 0. The molecule has 0 spiro atoms. The van der Waals surface area contributed by atoms with Crippen LogP contribution in [0.3, 0.4) is 0 Å². The normalized spacial score (nSPS) is 35.5. The van der Waals surface area contributed by atoms with Gasteiger partial charge in [-0.1, -0.05) is 27.7 Å². The van der Waals surface area contributed by atoms with E-state index in [1.807, 2.05) is 0 Å². The first-order valence-corrected chi connectivity index (χ1v) is 5.33. The minimum absolute atomic E-state index is 0.313. The van der Waals surface area contributed by atoms with Crippen LogP contribution in [0.25, 0.3) is 0 Å². The average molecular weight is 179 g/mol. The second-order valence-corrected chi connectivity index (χ2v) is 5.70. The lowest BCUT2D eigenvalue weighted by molar-refractivity contribution is 0.126. The zero-order valence-corrected chi connectivity index (χ0v) is 9.30. The fourth-order valence-electron chi connectivity index (χ4n) is 2.42. The molecule has 1 fully saturated rings. The van der Waals surface area contributed by atoms with Crippen molar-refractivity contribution in [3.63, 3.8) is 0 Å². The van der Waals surface area contributed by atoms with Crippen molar-refractivity contribution in [1.82, 2.24) is 0 Å². The van der Waals surface area contributed by atoms with E-state index in [1.165, 1.54) is 6.42 Å². The van der Waals surface area contributed by atoms with Gasteiger partial charge in [0.15, 0.2) is 0 Å². The maximum absolute atomic E-state index is 8.94. The van der Waals surface area contributed by atoms with Gasteiger partial charge in [-0.15, -0.1) is 0 Å². The van der Waals surface area contributed by atoms with E-state index in [2.05, 4.69) is 33.8 Å². The summed E-state index contributed by atoms with van der Waals surface area (Å²) in [4.78, 5) is 0. The molecule has 0 aromatic heterocycles. The molecule has 0 aromatic carbocycles. The third kappa shape index (κ3) is 2.72. The van der Waals surface area contributed by atoms with Crippen LogP contribution in [0.4, 0.5) is 0 Å². The maximum Gasteiger partial charge on any atom is 0.0655 e. The summed E-state index contributed by atoms with van der Waals surface area (Å²) in [5, 5.41) is 8.94. The molecule has 0 aromatic rings. The van der Waals surface area contributed by atoms with Crippen molar-refractivity contribution in [2.75, 3.05) is 0 Å². The molecule has 1 unspecified atom stereocenters. The van der Waals surface area contributed by atoms with Crippen molar-refractivity contribution in [2.45, 2.75) is 47.0 Å². The van der Waals surface area contributed by atoms with Crippen molar-refractivity contribution < 1.29 is 0 Å². The number of nitrogens with zero attached hydrogens (tertiary/aromatic N) is 1. The SMILES string of the molecule is CC1C[C@@H](C#N)C[C@@H](C(C)(C)C)C1. The number of nitriles is 1. The third-order valence-corrected chi connectivity index (χ3v) is 3.35. The van der Waals surface area contributed by atoms with Gasteiger partial charge in [0.25, 0.3) is 0 Å². The van der Waals surface area contributed by atoms with Gasteiger partial charge in [-0.2, -0.15) is 5.26 Å². The van der Waals surface area contributed by atoms with Crippen LogP contribution in [-0.4, -0.2) is 0 Å². The molecule has 1 heteroatoms. The molecule has 1 nitrogen and oxygen atoms in total. The first-order valence-electron chi connectivity index (χ1n) is 5.33. The lowest BCUT2D eigenvalue weighted by atomic mass is 9.66. The van der Waals surface area contributed by atoms with Crippen molar-refractivity contribution in [3.8, 4) is 6.07 Å². The van der Waals surface area contributed by atoms with Gasteiger partial charge in [0.1, 0.15) is 0 Å². The van der Waals surface area contributed by atoms with Gasteiger partial charge in [0.2, 0.25) is 0 Å². The smallest absolute Gasteiger partial charge is 0.0655 e. The lowest BCUT2D eigenvalue weighted by Gasteiger charge is -2.38. The second-order valence-electron chi connectivity index (χ2n) is 5.70. The summed E-state index contributed by atoms with van der Waals surface area (Å²) in [6, 6.07) is 2.44. The molecular formula is C12H21N. The van der Waals surface area contributed by atoms with E-state index >= 15 is 0 Å². The van der Waals surface area contributed by atoms with E-state index in [0.29, 0.717) is 11.3 Å². The van der Waals surface area contributed by atoms with Crippen LogP contribution in [0, 0.1) is 34.5 Å². The van der Waals surface area contributed by atoms with Crippen LogP contribution in [0.5, 0.6) is 0 Å². The Morgan fingerprint density at radius 2 is 1.77 bits per heavy atom. The van der Waals surface area contributed by atoms with Crippen molar-refractivity contribution in [2.24, 2.45) is 23.2 Å². The molecule has 1 aliphatic rings. The van der Waals surface area contributed by atoms with E-state index < -0.39 is 0 Å². The Hall–Kier alpha value is -0.510. The summed E-state index contributed by atoms with van der Waals surface area (Å²) < 4.78 is 0. The summed E-state index contributed by atoms with van der Waals surface area (Å²) >= 11 is 0. The maximum atomic E-state index is 8.94. The highest BCUT2D eigenvalue weighted by atomic mass is 14.4. The van der Waals surface area contributed by atoms with E-state index in [1.54, 1.807) is 0 Å². The minimum atomic E-state index is 0.313. The van der Waals surface area contributed by atoms with Gasteiger partial charge < -0.3 is 0 Å². The Morgan fingerprint density at radius 3 is 2.23 bits per heavy atom. The topological polar surface area (TPSA) is 23.8 Å². The Labute approximate surface area is 82.1 Å². The first-order chi connectivity index (χ1) is 5.93. The van der Waals surface area contributed by atoms with Gasteiger partial charge in [-0.3, -0.25) is 0 Å². The van der Waals surface area contributed by atoms with E-state index in [4.69, 9.17) is 5.26 Å². The monoisotopic (exact) mass is 179 g/mol. The largest absolute Gasteiger partial charge is 0.198 e. The first kappa shape index (κ1) is 10.6. The van der Waals surface area contributed by atoms with Crippen LogP contribution in [0.15, 0.2) is 0 Å². The summed E-state index contributed by atoms with van der Waals surface area (Å²) in [5.41, 5.74) is 0.379. The molecule has 0 amide bonds. The second kappa shape index (κ2) is 3.70. The van der Waals surface area contributed by atoms with Crippen molar-refractivity contribution >= 4 is 0 Å². The van der Waals surface area contributed by atoms with Gasteiger partial charge in [0.05, 0.1) is 6.07 Å². The fraction of sp³-hybridized carbons (Fsp3) is 0.917. The molecule has 0 aliphatic heterocycles. The highest BCUT2D eigenvalue weighted by Crippen LogP contribution is 2.42. The van der Waals surface area contributed by atoms with Crippen LogP contribution in [0.1, 0.15) is 47.0 Å². The van der Waals surface area contributed by atoms with Crippen molar-refractivity contribution in [1.29, 1.82) is 5.26 Å². The quantitative estimate of drug-likeness (QED) is 0.557. The number of rotatable bonds is 0. The Balaban J connectivity index is 2.64. The highest BCUT2D eigenvalue weighted by molar-refractivity contribution is 4.92. The van der Waals surface area contributed by atoms with E-state index in [9.17, 15) is 0 Å². The molecule has 1 aliphatic carbocycles. The van der Waals surface area contributed by atoms with Crippen molar-refractivity contribution in [3.05, 3.63) is 0 Å². The van der Waals surface area contributed by atoms with Gasteiger partial charge in [-0.25, -0.2) is 0 Å². The van der Waals surface area contributed by atoms with Crippen LogP contribution in [0.2, 0.25) is 0 Å². The van der Waals surface area contributed by atoms with Crippen LogP contribution >= 0.6 is 0 Å². The zero-order valence-electron chi connectivity index (χ0n) is 9.30. The molecule has 3 atom stereocenters. The third-order valence-electron chi connectivity index (χ3n) is 3.35. The zero-order chi connectivity index (χ0) is 10.1. The van der Waals surface area contributed by atoms with Gasteiger partial charge in [-0.05, 0) is 36.5 Å². The molecule has 0 radical (unpaired) electrons. The van der Waals surface area contributed by atoms with E-state index in [-0.39, 0.29) is 0 Å². The number of hydrogen-bond acceptors (Lipinski definition) is 1. The molecule has 0 N–H and O–H groups in total. The van der Waals surface area contributed by atoms with Crippen LogP contribution < -0.4 is 0 Å². The van der Waals surface area contributed by atoms with Gasteiger partial charge >= 0.3 is 0 Å². The molecular weight excluding hydrogens is 158 g/mol. The summed E-state index contributed by atoms with van der Waals surface area (Å²) in [6.45, 7) is 9.17. The molecule has 0 saturated heterocycles. The Kier molecular flexibility index (Phi) is 3.01. The fourth-order valence-corrected chi connectivity index (χ4v) is 2.42. The standard InChI is InChI=1S/C12H21N/c1-9-5-10(8-13)7-11(6-9)12(2,3)4/h9-11H,5-7H2,1-4H3/t9?,10-,11+/m1/s1. The Bertz CT molecular complexity index is 206. The Morgan fingerprint density at radius 1 is 1.15 bits per heavy atom. The predicted octanol–water partition coefficient (Wildman–Crippen LogP) is 3.61. The molecule has 74 valence electrons. The van der Waals surface area contributed by atoms with Gasteiger partial charge in [0, 0.05) is 5.92 Å². The molecule has 13 heavy (non-hydrogen) atoms. The summed E-state index contributed by atoms with van der Waals surface area (Å²) in [7, 11) is 0. The van der Waals surface area contributed by atoms with E-state index in [0.717, 1.165) is 24.7 Å². The summed E-state index contributed by atoms with van der Waals surface area (Å²) in [5.74, 6) is 1.79. The molecule has 1 rings (SSSR count). The average Bonchev–Trinajstić information content (AvgIpc) is 2.01. The minimum Gasteiger partial charge on any atom is -0.198 e. The molecule has 1 saturated carbocycles.